The van der Waals surface area contributed by atoms with E-state index in [1.165, 1.54) is 11.3 Å². The van der Waals surface area contributed by atoms with E-state index >= 15 is 0 Å². The van der Waals surface area contributed by atoms with Gasteiger partial charge in [0.05, 0.1) is 5.69 Å². The van der Waals surface area contributed by atoms with Crippen LogP contribution in [0, 0.1) is 13.8 Å². The molecule has 0 unspecified atom stereocenters. The molecule has 0 aliphatic heterocycles. The molecule has 1 heterocycles. The number of hydrogen-bond donors (Lipinski definition) is 1. The number of nitrogens with zero attached hydrogens (tertiary/aromatic N) is 4. The molecule has 0 spiro atoms. The molecule has 0 atom stereocenters. The van der Waals surface area contributed by atoms with Gasteiger partial charge in [0.2, 0.25) is 0 Å². The van der Waals surface area contributed by atoms with E-state index in [1.54, 1.807) is 0 Å². The first-order valence-corrected chi connectivity index (χ1v) is 7.05. The summed E-state index contributed by atoms with van der Waals surface area (Å²) in [5.41, 5.74) is 9.66. The van der Waals surface area contributed by atoms with Gasteiger partial charge in [0.1, 0.15) is 0 Å². The largest absolute Gasteiger partial charge is 0.370 e. The second kappa shape index (κ2) is 9.20. The fourth-order valence-corrected chi connectivity index (χ4v) is 2.28. The summed E-state index contributed by atoms with van der Waals surface area (Å²) in [7, 11) is 1.99. The number of guanidine groups is 1. The Morgan fingerprint density at radius 3 is 2.35 bits per heavy atom. The maximum absolute atomic E-state index is 5.94. The molecule has 0 saturated heterocycles. The Labute approximate surface area is 139 Å². The SMILES string of the molecule is CCN(CC)C(N)=NCCCc1c(C)nn(C)c1C.I. The molecule has 116 valence electrons. The van der Waals surface area contributed by atoms with Gasteiger partial charge in [0, 0.05) is 32.4 Å². The monoisotopic (exact) mass is 393 g/mol. The molecule has 1 rings (SSSR count). The van der Waals surface area contributed by atoms with Crippen molar-refractivity contribution >= 4 is 29.9 Å². The van der Waals surface area contributed by atoms with Crippen LogP contribution in [0.2, 0.25) is 0 Å². The van der Waals surface area contributed by atoms with Gasteiger partial charge < -0.3 is 10.6 Å². The molecule has 0 saturated carbocycles. The predicted octanol–water partition coefficient (Wildman–Crippen LogP) is 2.24. The Bertz CT molecular complexity index is 435. The lowest BCUT2D eigenvalue weighted by molar-refractivity contribution is 0.458. The minimum absolute atomic E-state index is 0. The van der Waals surface area contributed by atoms with Gasteiger partial charge >= 0.3 is 0 Å². The van der Waals surface area contributed by atoms with E-state index in [1.807, 2.05) is 11.7 Å². The molecule has 20 heavy (non-hydrogen) atoms. The van der Waals surface area contributed by atoms with Crippen molar-refractivity contribution in [2.45, 2.75) is 40.5 Å². The lowest BCUT2D eigenvalue weighted by atomic mass is 10.1. The van der Waals surface area contributed by atoms with E-state index in [-0.39, 0.29) is 24.0 Å². The second-order valence-electron chi connectivity index (χ2n) is 4.79. The van der Waals surface area contributed by atoms with E-state index in [0.717, 1.165) is 38.2 Å². The van der Waals surface area contributed by atoms with Crippen molar-refractivity contribution in [1.82, 2.24) is 14.7 Å². The van der Waals surface area contributed by atoms with Crippen LogP contribution in [0.5, 0.6) is 0 Å². The molecule has 1 aromatic rings. The fraction of sp³-hybridized carbons (Fsp3) is 0.714. The summed E-state index contributed by atoms with van der Waals surface area (Å²) in [6, 6.07) is 0. The first-order chi connectivity index (χ1) is 9.01. The highest BCUT2D eigenvalue weighted by Crippen LogP contribution is 2.13. The quantitative estimate of drug-likeness (QED) is 0.349. The number of hydrogen-bond acceptors (Lipinski definition) is 2. The minimum atomic E-state index is 0. The third-order valence-electron chi connectivity index (χ3n) is 3.61. The van der Waals surface area contributed by atoms with Crippen molar-refractivity contribution in [3.63, 3.8) is 0 Å². The van der Waals surface area contributed by atoms with E-state index in [0.29, 0.717) is 5.96 Å². The average Bonchev–Trinajstić information content (AvgIpc) is 2.61. The molecule has 0 aliphatic rings. The number of aromatic nitrogens is 2. The summed E-state index contributed by atoms with van der Waals surface area (Å²) in [6.07, 6.45) is 2.02. The second-order valence-corrected chi connectivity index (χ2v) is 4.79. The van der Waals surface area contributed by atoms with Crippen LogP contribution in [0.3, 0.4) is 0 Å². The summed E-state index contributed by atoms with van der Waals surface area (Å²) < 4.78 is 1.94. The number of aliphatic imine (C=N–C) groups is 1. The molecule has 5 nitrogen and oxygen atoms in total. The highest BCUT2D eigenvalue weighted by Gasteiger charge is 2.08. The molecule has 0 radical (unpaired) electrons. The average molecular weight is 393 g/mol. The first-order valence-electron chi connectivity index (χ1n) is 7.05. The number of nitrogens with two attached hydrogens (primary N) is 1. The van der Waals surface area contributed by atoms with Gasteiger partial charge in [-0.15, -0.1) is 24.0 Å². The molecule has 2 N–H and O–H groups in total. The summed E-state index contributed by atoms with van der Waals surface area (Å²) >= 11 is 0. The fourth-order valence-electron chi connectivity index (χ4n) is 2.28. The molecule has 0 aromatic carbocycles. The van der Waals surface area contributed by atoms with Gasteiger partial charge in [-0.05, 0) is 46.1 Å². The van der Waals surface area contributed by atoms with Crippen molar-refractivity contribution in [2.24, 2.45) is 17.8 Å². The van der Waals surface area contributed by atoms with E-state index < -0.39 is 0 Å². The lowest BCUT2D eigenvalue weighted by Crippen LogP contribution is -2.37. The van der Waals surface area contributed by atoms with Crippen LogP contribution in [0.25, 0.3) is 0 Å². The third-order valence-corrected chi connectivity index (χ3v) is 3.61. The Morgan fingerprint density at radius 2 is 1.90 bits per heavy atom. The molecule has 0 aliphatic carbocycles. The molecule has 6 heteroatoms. The highest BCUT2D eigenvalue weighted by molar-refractivity contribution is 14.0. The highest BCUT2D eigenvalue weighted by atomic mass is 127. The van der Waals surface area contributed by atoms with Gasteiger partial charge in [-0.1, -0.05) is 0 Å². The van der Waals surface area contributed by atoms with Crippen LogP contribution in [-0.4, -0.2) is 40.3 Å². The number of rotatable bonds is 6. The summed E-state index contributed by atoms with van der Waals surface area (Å²) in [5, 5.41) is 4.43. The Morgan fingerprint density at radius 1 is 1.30 bits per heavy atom. The number of halogens is 1. The van der Waals surface area contributed by atoms with E-state index in [2.05, 4.69) is 42.7 Å². The zero-order valence-electron chi connectivity index (χ0n) is 13.3. The molecule has 1 aromatic heterocycles. The molecule has 0 bridgehead atoms. The van der Waals surface area contributed by atoms with Gasteiger partial charge in [0.15, 0.2) is 5.96 Å². The van der Waals surface area contributed by atoms with Crippen molar-refractivity contribution in [3.05, 3.63) is 17.0 Å². The zero-order chi connectivity index (χ0) is 14.4. The normalized spacial score (nSPS) is 11.3. The standard InChI is InChI=1S/C14H27N5.HI/c1-6-19(7-2)14(15)16-10-8-9-13-11(3)17-18(5)12(13)4;/h6-10H2,1-5H3,(H2,15,16);1H. The van der Waals surface area contributed by atoms with Gasteiger partial charge in [-0.25, -0.2) is 0 Å². The number of aryl methyl sites for hydroxylation is 2. The molecular formula is C14H28IN5. The summed E-state index contributed by atoms with van der Waals surface area (Å²) in [5.74, 6) is 0.657. The van der Waals surface area contributed by atoms with Crippen LogP contribution >= 0.6 is 24.0 Å². The maximum Gasteiger partial charge on any atom is 0.191 e. The smallest absolute Gasteiger partial charge is 0.191 e. The van der Waals surface area contributed by atoms with Crippen LogP contribution < -0.4 is 5.73 Å². The third kappa shape index (κ3) is 4.96. The summed E-state index contributed by atoms with van der Waals surface area (Å²) in [4.78, 5) is 6.51. The van der Waals surface area contributed by atoms with E-state index in [4.69, 9.17) is 5.73 Å². The lowest BCUT2D eigenvalue weighted by Gasteiger charge is -2.19. The molecule has 0 amide bonds. The van der Waals surface area contributed by atoms with Crippen molar-refractivity contribution < 1.29 is 0 Å². The van der Waals surface area contributed by atoms with E-state index in [9.17, 15) is 0 Å². The maximum atomic E-state index is 5.94. The molecular weight excluding hydrogens is 365 g/mol. The zero-order valence-corrected chi connectivity index (χ0v) is 15.6. The first kappa shape index (κ1) is 19.2. The van der Waals surface area contributed by atoms with Crippen molar-refractivity contribution in [2.75, 3.05) is 19.6 Å². The minimum Gasteiger partial charge on any atom is -0.370 e. The Balaban J connectivity index is 0.00000361. The topological polar surface area (TPSA) is 59.4 Å². The predicted molar refractivity (Wildman–Crippen MR) is 95.8 cm³/mol. The Hall–Kier alpha value is -0.790. The molecule has 0 fully saturated rings. The van der Waals surface area contributed by atoms with Crippen LogP contribution in [-0.2, 0) is 13.5 Å². The van der Waals surface area contributed by atoms with Gasteiger partial charge in [0.25, 0.3) is 0 Å². The van der Waals surface area contributed by atoms with Gasteiger partial charge in [-0.2, -0.15) is 5.10 Å². The Kier molecular flexibility index (Phi) is 8.84. The van der Waals surface area contributed by atoms with Crippen LogP contribution in [0.15, 0.2) is 4.99 Å². The van der Waals surface area contributed by atoms with Crippen LogP contribution in [0.4, 0.5) is 0 Å². The summed E-state index contributed by atoms with van der Waals surface area (Å²) in [6.45, 7) is 11.0. The van der Waals surface area contributed by atoms with Gasteiger partial charge in [-0.3, -0.25) is 9.67 Å². The van der Waals surface area contributed by atoms with Crippen LogP contribution in [0.1, 0.15) is 37.2 Å². The van der Waals surface area contributed by atoms with Crippen molar-refractivity contribution in [1.29, 1.82) is 0 Å². The van der Waals surface area contributed by atoms with Crippen molar-refractivity contribution in [3.8, 4) is 0 Å².